The minimum absolute atomic E-state index is 0.248. The molecule has 4 nitrogen and oxygen atoms in total. The molecule has 0 saturated carbocycles. The molecule has 0 atom stereocenters. The van der Waals surface area contributed by atoms with Crippen molar-refractivity contribution in [1.29, 1.82) is 0 Å². The third kappa shape index (κ3) is 2.61. The maximum Gasteiger partial charge on any atom is 0.328 e. The molecule has 0 aliphatic heterocycles. The molecule has 0 aliphatic carbocycles. The summed E-state index contributed by atoms with van der Waals surface area (Å²) in [7, 11) is 0. The molecule has 0 radical (unpaired) electrons. The second-order valence-electron chi connectivity index (χ2n) is 5.24. The van der Waals surface area contributed by atoms with Crippen LogP contribution in [0.5, 0.6) is 0 Å². The third-order valence-electron chi connectivity index (χ3n) is 3.92. The first-order valence-electron chi connectivity index (χ1n) is 6.74. The fraction of sp³-hybridized carbons (Fsp3) is 0.294. The number of benzene rings is 1. The molecule has 0 saturated heterocycles. The standard InChI is InChI=1S/C17H18O4/c1-9(7-16(19)20)13-8-14-12(4)15(5-6-18)21-17(14)11(3)10(13)2/h6-8H,5H2,1-4H3,(H,19,20)/b9-7-. The van der Waals surface area contributed by atoms with Crippen molar-refractivity contribution in [2.45, 2.75) is 34.1 Å². The van der Waals surface area contributed by atoms with E-state index in [9.17, 15) is 9.59 Å². The average Bonchev–Trinajstić information content (AvgIpc) is 2.71. The molecule has 0 bridgehead atoms. The summed E-state index contributed by atoms with van der Waals surface area (Å²) in [4.78, 5) is 21.6. The van der Waals surface area contributed by atoms with Crippen LogP contribution in [0.25, 0.3) is 16.5 Å². The fourth-order valence-corrected chi connectivity index (χ4v) is 2.60. The van der Waals surface area contributed by atoms with E-state index in [1.54, 1.807) is 6.92 Å². The highest BCUT2D eigenvalue weighted by Gasteiger charge is 2.16. The van der Waals surface area contributed by atoms with Crippen molar-refractivity contribution >= 4 is 28.8 Å². The van der Waals surface area contributed by atoms with E-state index in [2.05, 4.69) is 0 Å². The smallest absolute Gasteiger partial charge is 0.328 e. The van der Waals surface area contributed by atoms with Gasteiger partial charge in [-0.15, -0.1) is 0 Å². The first-order valence-corrected chi connectivity index (χ1v) is 6.74. The predicted octanol–water partition coefficient (Wildman–Crippen LogP) is 3.59. The van der Waals surface area contributed by atoms with Crippen LogP contribution in [-0.4, -0.2) is 17.4 Å². The molecule has 1 heterocycles. The van der Waals surface area contributed by atoms with Gasteiger partial charge in [-0.05, 0) is 61.6 Å². The highest BCUT2D eigenvalue weighted by molar-refractivity contribution is 5.94. The molecule has 2 aromatic rings. The summed E-state index contributed by atoms with van der Waals surface area (Å²) in [6.45, 7) is 7.59. The number of carbonyl (C=O) groups is 2. The van der Waals surface area contributed by atoms with Crippen LogP contribution in [0, 0.1) is 20.8 Å². The van der Waals surface area contributed by atoms with Crippen LogP contribution in [0.15, 0.2) is 16.6 Å². The van der Waals surface area contributed by atoms with Gasteiger partial charge in [-0.3, -0.25) is 0 Å². The number of allylic oxidation sites excluding steroid dienone is 1. The molecule has 1 N–H and O–H groups in total. The van der Waals surface area contributed by atoms with E-state index in [-0.39, 0.29) is 6.42 Å². The lowest BCUT2D eigenvalue weighted by molar-refractivity contribution is -0.131. The monoisotopic (exact) mass is 286 g/mol. The number of carbonyl (C=O) groups excluding carboxylic acids is 1. The Labute approximate surface area is 123 Å². The minimum atomic E-state index is -0.963. The van der Waals surface area contributed by atoms with Crippen LogP contribution >= 0.6 is 0 Å². The van der Waals surface area contributed by atoms with E-state index in [1.807, 2.05) is 26.8 Å². The molecule has 0 unspecified atom stereocenters. The average molecular weight is 286 g/mol. The van der Waals surface area contributed by atoms with Crippen molar-refractivity contribution in [2.75, 3.05) is 0 Å². The van der Waals surface area contributed by atoms with Crippen molar-refractivity contribution < 1.29 is 19.1 Å². The Morgan fingerprint density at radius 2 is 1.90 bits per heavy atom. The minimum Gasteiger partial charge on any atom is -0.478 e. The molecule has 0 amide bonds. The molecule has 1 aromatic carbocycles. The Morgan fingerprint density at radius 3 is 2.48 bits per heavy atom. The van der Waals surface area contributed by atoms with Crippen LogP contribution < -0.4 is 0 Å². The molecule has 2 rings (SSSR count). The molecule has 110 valence electrons. The van der Waals surface area contributed by atoms with E-state index in [0.29, 0.717) is 11.3 Å². The van der Waals surface area contributed by atoms with E-state index in [1.165, 1.54) is 6.08 Å². The summed E-state index contributed by atoms with van der Waals surface area (Å²) >= 11 is 0. The Bertz CT molecular complexity index is 763. The van der Waals surface area contributed by atoms with Gasteiger partial charge in [-0.2, -0.15) is 0 Å². The zero-order valence-corrected chi connectivity index (χ0v) is 12.6. The highest BCUT2D eigenvalue weighted by Crippen LogP contribution is 2.34. The highest BCUT2D eigenvalue weighted by atomic mass is 16.4. The van der Waals surface area contributed by atoms with Crippen LogP contribution in [0.3, 0.4) is 0 Å². The van der Waals surface area contributed by atoms with Gasteiger partial charge in [0.2, 0.25) is 0 Å². The van der Waals surface area contributed by atoms with Gasteiger partial charge in [0, 0.05) is 11.5 Å². The molecule has 0 aliphatic rings. The molecule has 1 aromatic heterocycles. The number of rotatable bonds is 4. The number of fused-ring (bicyclic) bond motifs is 1. The van der Waals surface area contributed by atoms with Gasteiger partial charge in [0.05, 0.1) is 6.42 Å². The van der Waals surface area contributed by atoms with Gasteiger partial charge in [-0.1, -0.05) is 0 Å². The normalized spacial score (nSPS) is 11.9. The Morgan fingerprint density at radius 1 is 1.24 bits per heavy atom. The number of furan rings is 1. The summed E-state index contributed by atoms with van der Waals surface area (Å²) in [6.07, 6.45) is 2.27. The molecule has 4 heteroatoms. The number of hydrogen-bond donors (Lipinski definition) is 1. The van der Waals surface area contributed by atoms with E-state index >= 15 is 0 Å². The van der Waals surface area contributed by atoms with Gasteiger partial charge < -0.3 is 14.3 Å². The molecule has 0 spiro atoms. The van der Waals surface area contributed by atoms with Crippen LogP contribution in [0.2, 0.25) is 0 Å². The SMILES string of the molecule is C/C(=C/C(=O)O)c1cc2c(C)c(CC=O)oc2c(C)c1C. The Kier molecular flexibility index (Phi) is 3.98. The van der Waals surface area contributed by atoms with Crippen LogP contribution in [0.4, 0.5) is 0 Å². The summed E-state index contributed by atoms with van der Waals surface area (Å²) in [5, 5.41) is 9.85. The van der Waals surface area contributed by atoms with Crippen molar-refractivity contribution in [3.63, 3.8) is 0 Å². The summed E-state index contributed by atoms with van der Waals surface area (Å²) in [5.41, 5.74) is 5.26. The molecule has 0 fully saturated rings. The predicted molar refractivity (Wildman–Crippen MR) is 81.5 cm³/mol. The quantitative estimate of drug-likeness (QED) is 0.689. The largest absolute Gasteiger partial charge is 0.478 e. The van der Waals surface area contributed by atoms with Crippen molar-refractivity contribution in [2.24, 2.45) is 0 Å². The lowest BCUT2D eigenvalue weighted by Crippen LogP contribution is -1.94. The second kappa shape index (κ2) is 5.56. The van der Waals surface area contributed by atoms with E-state index in [4.69, 9.17) is 9.52 Å². The zero-order chi connectivity index (χ0) is 15.7. The first kappa shape index (κ1) is 15.0. The van der Waals surface area contributed by atoms with Gasteiger partial charge in [0.15, 0.2) is 0 Å². The summed E-state index contributed by atoms with van der Waals surface area (Å²) in [5.74, 6) is -0.297. The van der Waals surface area contributed by atoms with E-state index in [0.717, 1.165) is 39.5 Å². The van der Waals surface area contributed by atoms with Gasteiger partial charge in [0.25, 0.3) is 0 Å². The van der Waals surface area contributed by atoms with Gasteiger partial charge in [0.1, 0.15) is 17.6 Å². The molecular formula is C17H18O4. The van der Waals surface area contributed by atoms with E-state index < -0.39 is 5.97 Å². The topological polar surface area (TPSA) is 67.5 Å². The number of carboxylic acid groups (broad SMARTS) is 1. The Hall–Kier alpha value is -2.36. The van der Waals surface area contributed by atoms with Crippen molar-refractivity contribution in [1.82, 2.24) is 0 Å². The van der Waals surface area contributed by atoms with Crippen LogP contribution in [0.1, 0.15) is 34.9 Å². The van der Waals surface area contributed by atoms with Crippen molar-refractivity contribution in [3.8, 4) is 0 Å². The third-order valence-corrected chi connectivity index (χ3v) is 3.92. The lowest BCUT2D eigenvalue weighted by atomic mass is 9.94. The summed E-state index contributed by atoms with van der Waals surface area (Å²) < 4.78 is 5.80. The second-order valence-corrected chi connectivity index (χ2v) is 5.24. The lowest BCUT2D eigenvalue weighted by Gasteiger charge is -2.10. The number of aliphatic carboxylic acids is 1. The number of aryl methyl sites for hydroxylation is 2. The maximum atomic E-state index is 10.9. The number of carboxylic acids is 1. The number of aldehydes is 1. The van der Waals surface area contributed by atoms with Gasteiger partial charge in [-0.25, -0.2) is 4.79 Å². The Balaban J connectivity index is 2.76. The van der Waals surface area contributed by atoms with Gasteiger partial charge >= 0.3 is 5.97 Å². The van der Waals surface area contributed by atoms with Crippen LogP contribution in [-0.2, 0) is 16.0 Å². The summed E-state index contributed by atoms with van der Waals surface area (Å²) in [6, 6.07) is 1.94. The maximum absolute atomic E-state index is 10.9. The van der Waals surface area contributed by atoms with Crippen molar-refractivity contribution in [3.05, 3.63) is 40.2 Å². The zero-order valence-electron chi connectivity index (χ0n) is 12.6. The number of hydrogen-bond acceptors (Lipinski definition) is 3. The fourth-order valence-electron chi connectivity index (χ4n) is 2.60. The molecular weight excluding hydrogens is 268 g/mol. The first-order chi connectivity index (χ1) is 9.86. The molecule has 21 heavy (non-hydrogen) atoms.